The Kier molecular flexibility index (Phi) is 6.96. The molecule has 0 saturated carbocycles. The summed E-state index contributed by atoms with van der Waals surface area (Å²) in [6, 6.07) is 14.0. The molecule has 0 aliphatic rings. The van der Waals surface area contributed by atoms with E-state index in [9.17, 15) is 8.42 Å². The first-order valence-corrected chi connectivity index (χ1v) is 10.3. The van der Waals surface area contributed by atoms with Gasteiger partial charge in [-0.2, -0.15) is 17.0 Å². The van der Waals surface area contributed by atoms with Crippen LogP contribution in [0.3, 0.4) is 0 Å². The number of halogens is 2. The first-order valence-electron chi connectivity index (χ1n) is 6.95. The van der Waals surface area contributed by atoms with Gasteiger partial charge in [-0.25, -0.2) is 13.1 Å². The summed E-state index contributed by atoms with van der Waals surface area (Å²) in [5, 5.41) is 9.24. The van der Waals surface area contributed by atoms with Gasteiger partial charge in [0.25, 0.3) is 0 Å². The molecule has 0 heterocycles. The molecule has 0 unspecified atom stereocenters. The van der Waals surface area contributed by atoms with Crippen LogP contribution in [0.4, 0.5) is 0 Å². The van der Waals surface area contributed by atoms with Gasteiger partial charge in [-0.3, -0.25) is 0 Å². The van der Waals surface area contributed by atoms with Gasteiger partial charge in [0.15, 0.2) is 0 Å². The summed E-state index contributed by atoms with van der Waals surface area (Å²) < 4.78 is 27.0. The molecule has 24 heavy (non-hydrogen) atoms. The van der Waals surface area contributed by atoms with Gasteiger partial charge in [0.05, 0.1) is 21.7 Å². The minimum atomic E-state index is -3.70. The van der Waals surface area contributed by atoms with Crippen molar-refractivity contribution < 1.29 is 8.42 Å². The van der Waals surface area contributed by atoms with Gasteiger partial charge in [-0.15, -0.1) is 0 Å². The summed E-state index contributed by atoms with van der Waals surface area (Å²) in [5.41, 5.74) is 1.57. The van der Waals surface area contributed by atoms with Crippen LogP contribution in [-0.4, -0.2) is 20.7 Å². The van der Waals surface area contributed by atoms with E-state index in [4.69, 9.17) is 28.5 Å². The molecule has 0 atom stereocenters. The number of nitrogens with one attached hydrogen (secondary N) is 1. The van der Waals surface area contributed by atoms with E-state index in [1.54, 1.807) is 17.8 Å². The average Bonchev–Trinajstić information content (AvgIpc) is 2.57. The third-order valence-electron chi connectivity index (χ3n) is 3.14. The molecule has 0 aromatic heterocycles. The minimum absolute atomic E-state index is 0.0160. The molecular formula is C16H14Cl2N2O2S2. The second-order valence-electron chi connectivity index (χ2n) is 4.77. The second kappa shape index (κ2) is 8.75. The summed E-state index contributed by atoms with van der Waals surface area (Å²) in [4.78, 5) is -0.0310. The lowest BCUT2D eigenvalue weighted by atomic mass is 10.1. The normalized spacial score (nSPS) is 11.2. The molecule has 2 aromatic carbocycles. The maximum Gasteiger partial charge on any atom is 0.242 e. The number of hydrogen-bond acceptors (Lipinski definition) is 4. The molecular weight excluding hydrogens is 387 g/mol. The summed E-state index contributed by atoms with van der Waals surface area (Å²) >= 11 is 13.3. The van der Waals surface area contributed by atoms with Crippen LogP contribution in [0.2, 0.25) is 10.0 Å². The van der Waals surface area contributed by atoms with Gasteiger partial charge in [-0.1, -0.05) is 47.5 Å². The number of thioether (sulfide) groups is 1. The van der Waals surface area contributed by atoms with Crippen molar-refractivity contribution in [3.63, 3.8) is 0 Å². The van der Waals surface area contributed by atoms with E-state index in [1.807, 2.05) is 18.2 Å². The van der Waals surface area contributed by atoms with Crippen LogP contribution >= 0.6 is 35.0 Å². The summed E-state index contributed by atoms with van der Waals surface area (Å²) in [7, 11) is -3.70. The van der Waals surface area contributed by atoms with Crippen LogP contribution < -0.4 is 4.72 Å². The Morgan fingerprint density at radius 3 is 2.62 bits per heavy atom. The number of nitrogens with zero attached hydrogens (tertiary/aromatic N) is 1. The van der Waals surface area contributed by atoms with Crippen molar-refractivity contribution in [3.8, 4) is 6.07 Å². The predicted molar refractivity (Wildman–Crippen MR) is 99.0 cm³/mol. The largest absolute Gasteiger partial charge is 0.242 e. The van der Waals surface area contributed by atoms with E-state index >= 15 is 0 Å². The highest BCUT2D eigenvalue weighted by molar-refractivity contribution is 7.98. The fourth-order valence-electron chi connectivity index (χ4n) is 1.95. The molecule has 0 saturated heterocycles. The van der Waals surface area contributed by atoms with Crippen molar-refractivity contribution in [2.24, 2.45) is 0 Å². The Balaban J connectivity index is 1.88. The summed E-state index contributed by atoms with van der Waals surface area (Å²) in [5.74, 6) is 1.21. The van der Waals surface area contributed by atoms with Gasteiger partial charge in [0.2, 0.25) is 10.0 Å². The number of benzene rings is 2. The molecule has 0 spiro atoms. The zero-order chi connectivity index (χ0) is 17.6. The van der Waals surface area contributed by atoms with E-state index in [0.29, 0.717) is 17.1 Å². The molecule has 1 N–H and O–H groups in total. The zero-order valence-corrected chi connectivity index (χ0v) is 15.6. The van der Waals surface area contributed by atoms with E-state index in [1.165, 1.54) is 18.2 Å². The highest BCUT2D eigenvalue weighted by atomic mass is 35.5. The maximum absolute atomic E-state index is 12.2. The second-order valence-corrected chi connectivity index (χ2v) is 8.40. The Hall–Kier alpha value is -1.23. The molecule has 126 valence electrons. The molecule has 0 bridgehead atoms. The quantitative estimate of drug-likeness (QED) is 0.710. The SMILES string of the molecule is N#Cc1ccccc1CSCCNS(=O)(=O)c1cccc(Cl)c1Cl. The third kappa shape index (κ3) is 4.88. The molecule has 0 radical (unpaired) electrons. The molecule has 0 aliphatic carbocycles. The molecule has 8 heteroatoms. The lowest BCUT2D eigenvalue weighted by Gasteiger charge is -2.09. The van der Waals surface area contributed by atoms with Crippen LogP contribution in [0.5, 0.6) is 0 Å². The third-order valence-corrected chi connectivity index (χ3v) is 6.58. The molecule has 2 rings (SSSR count). The smallest absolute Gasteiger partial charge is 0.210 e. The van der Waals surface area contributed by atoms with Crippen LogP contribution in [0.25, 0.3) is 0 Å². The predicted octanol–water partition coefficient (Wildman–Crippen LogP) is 4.08. The number of sulfonamides is 1. The first kappa shape index (κ1) is 19.1. The van der Waals surface area contributed by atoms with E-state index in [2.05, 4.69) is 10.8 Å². The average molecular weight is 401 g/mol. The standard InChI is InChI=1S/C16H14Cl2N2O2S2/c17-14-6-3-7-15(16(14)18)24(21,22)20-8-9-23-11-13-5-2-1-4-12(13)10-19/h1-7,20H,8-9,11H2. The molecule has 0 aliphatic heterocycles. The molecule has 2 aromatic rings. The van der Waals surface area contributed by atoms with Crippen LogP contribution in [0, 0.1) is 11.3 Å². The maximum atomic E-state index is 12.2. The monoisotopic (exact) mass is 400 g/mol. The Morgan fingerprint density at radius 1 is 1.12 bits per heavy atom. The van der Waals surface area contributed by atoms with Crippen LogP contribution in [0.1, 0.15) is 11.1 Å². The first-order chi connectivity index (χ1) is 11.5. The van der Waals surface area contributed by atoms with Crippen LogP contribution in [-0.2, 0) is 15.8 Å². The number of nitriles is 1. The Morgan fingerprint density at radius 2 is 1.88 bits per heavy atom. The number of rotatable bonds is 7. The lowest BCUT2D eigenvalue weighted by molar-refractivity contribution is 0.584. The van der Waals surface area contributed by atoms with Crippen LogP contribution in [0.15, 0.2) is 47.4 Å². The Bertz CT molecular complexity index is 865. The molecule has 4 nitrogen and oxygen atoms in total. The summed E-state index contributed by atoms with van der Waals surface area (Å²) in [6.45, 7) is 0.255. The van der Waals surface area contributed by atoms with E-state index in [0.717, 1.165) is 5.56 Å². The van der Waals surface area contributed by atoms with Crippen molar-refractivity contribution in [3.05, 3.63) is 63.6 Å². The van der Waals surface area contributed by atoms with Gasteiger partial charge in [0, 0.05) is 18.1 Å². The van der Waals surface area contributed by atoms with Gasteiger partial charge in [-0.05, 0) is 23.8 Å². The molecule has 0 fully saturated rings. The topological polar surface area (TPSA) is 70.0 Å². The van der Waals surface area contributed by atoms with Crippen molar-refractivity contribution in [2.45, 2.75) is 10.6 Å². The lowest BCUT2D eigenvalue weighted by Crippen LogP contribution is -2.26. The van der Waals surface area contributed by atoms with Gasteiger partial charge >= 0.3 is 0 Å². The van der Waals surface area contributed by atoms with Crippen molar-refractivity contribution in [1.82, 2.24) is 4.72 Å². The van der Waals surface area contributed by atoms with E-state index < -0.39 is 10.0 Å². The van der Waals surface area contributed by atoms with Gasteiger partial charge in [0.1, 0.15) is 4.90 Å². The van der Waals surface area contributed by atoms with E-state index in [-0.39, 0.29) is 21.5 Å². The zero-order valence-electron chi connectivity index (χ0n) is 12.5. The van der Waals surface area contributed by atoms with Gasteiger partial charge < -0.3 is 0 Å². The van der Waals surface area contributed by atoms with Crippen molar-refractivity contribution >= 4 is 45.0 Å². The highest BCUT2D eigenvalue weighted by Gasteiger charge is 2.18. The number of hydrogen-bond donors (Lipinski definition) is 1. The molecule has 0 amide bonds. The fourth-order valence-corrected chi connectivity index (χ4v) is 4.74. The Labute approximate surface area is 155 Å². The highest BCUT2D eigenvalue weighted by Crippen LogP contribution is 2.28. The van der Waals surface area contributed by atoms with Crippen molar-refractivity contribution in [1.29, 1.82) is 5.26 Å². The fraction of sp³-hybridized carbons (Fsp3) is 0.188. The minimum Gasteiger partial charge on any atom is -0.210 e. The summed E-state index contributed by atoms with van der Waals surface area (Å²) in [6.07, 6.45) is 0. The van der Waals surface area contributed by atoms with Crippen molar-refractivity contribution in [2.75, 3.05) is 12.3 Å².